The predicted octanol–water partition coefficient (Wildman–Crippen LogP) is 4.36. The van der Waals surface area contributed by atoms with Crippen molar-refractivity contribution in [3.05, 3.63) is 58.6 Å². The first kappa shape index (κ1) is 17.2. The number of fused-ring (bicyclic) bond motifs is 1. The summed E-state index contributed by atoms with van der Waals surface area (Å²) >= 11 is 7.62. The van der Waals surface area contributed by atoms with Gasteiger partial charge in [-0.2, -0.15) is 5.10 Å². The van der Waals surface area contributed by atoms with Crippen LogP contribution in [0.2, 0.25) is 5.15 Å². The summed E-state index contributed by atoms with van der Waals surface area (Å²) in [6.45, 7) is 0. The van der Waals surface area contributed by atoms with Crippen LogP contribution in [-0.2, 0) is 4.79 Å². The van der Waals surface area contributed by atoms with Crippen LogP contribution >= 0.6 is 22.9 Å². The number of rotatable bonds is 5. The lowest BCUT2D eigenvalue weighted by Crippen LogP contribution is -2.07. The molecule has 1 aliphatic carbocycles. The van der Waals surface area contributed by atoms with Crippen LogP contribution in [0.15, 0.2) is 41.9 Å². The molecule has 7 nitrogen and oxygen atoms in total. The third kappa shape index (κ3) is 3.32. The fourth-order valence-corrected chi connectivity index (χ4v) is 3.92. The fourth-order valence-electron chi connectivity index (χ4n) is 2.91. The summed E-state index contributed by atoms with van der Waals surface area (Å²) in [7, 11) is 0. The van der Waals surface area contributed by atoms with Crippen LogP contribution in [0.3, 0.4) is 0 Å². The number of hydrogen-bond acceptors (Lipinski definition) is 5. The Bertz CT molecular complexity index is 1180. The lowest BCUT2D eigenvalue weighted by molar-refractivity contribution is -0.111. The van der Waals surface area contributed by atoms with Crippen LogP contribution in [0, 0.1) is 0 Å². The lowest BCUT2D eigenvalue weighted by atomic mass is 10.2. The summed E-state index contributed by atoms with van der Waals surface area (Å²) in [6, 6.07) is 7.44. The highest BCUT2D eigenvalue weighted by Gasteiger charge is 2.27. The summed E-state index contributed by atoms with van der Waals surface area (Å²) in [5.41, 5.74) is 2.28. The topological polar surface area (TPSA) is 88.0 Å². The number of hydrogen-bond donors (Lipinski definition) is 2. The number of aromatic amines is 1. The number of halogens is 1. The number of benzene rings is 1. The molecule has 0 radical (unpaired) electrons. The average molecular weight is 411 g/mol. The molecular weight excluding hydrogens is 396 g/mol. The molecule has 3 aromatic heterocycles. The molecule has 28 heavy (non-hydrogen) atoms. The molecule has 0 spiro atoms. The summed E-state index contributed by atoms with van der Waals surface area (Å²) in [4.78, 5) is 21.8. The first-order chi connectivity index (χ1) is 13.7. The molecule has 0 aliphatic heterocycles. The second-order valence-corrected chi connectivity index (χ2v) is 7.79. The van der Waals surface area contributed by atoms with Gasteiger partial charge in [0.25, 0.3) is 0 Å². The van der Waals surface area contributed by atoms with Gasteiger partial charge in [0.2, 0.25) is 5.91 Å². The van der Waals surface area contributed by atoms with Gasteiger partial charge in [-0.25, -0.2) is 9.97 Å². The zero-order valence-electron chi connectivity index (χ0n) is 14.6. The molecule has 1 amide bonds. The summed E-state index contributed by atoms with van der Waals surface area (Å²) in [5.74, 6) is 1.92. The van der Waals surface area contributed by atoms with Gasteiger partial charge in [-0.15, -0.1) is 11.3 Å². The number of nitrogens with zero attached hydrogens (tertiary/aromatic N) is 4. The van der Waals surface area contributed by atoms with Gasteiger partial charge in [0.1, 0.15) is 5.82 Å². The molecule has 1 saturated carbocycles. The highest BCUT2D eigenvalue weighted by molar-refractivity contribution is 7.15. The lowest BCUT2D eigenvalue weighted by Gasteiger charge is -2.03. The van der Waals surface area contributed by atoms with Gasteiger partial charge in [-0.1, -0.05) is 11.6 Å². The highest BCUT2D eigenvalue weighted by Crippen LogP contribution is 2.38. The van der Waals surface area contributed by atoms with Crippen LogP contribution in [-0.4, -0.2) is 30.5 Å². The van der Waals surface area contributed by atoms with Gasteiger partial charge in [-0.05, 0) is 43.2 Å². The Morgan fingerprint density at radius 1 is 1.29 bits per heavy atom. The fraction of sp³-hybridized carbons (Fsp3) is 0.158. The van der Waals surface area contributed by atoms with E-state index in [0.717, 1.165) is 16.3 Å². The standard InChI is InChI=1S/C19H15ClN6OS/c20-16-14(26-9-10-28-19(26)22-16)7-8-15(27)21-13-5-3-12(4-6-13)18-23-17(24-25-18)11-1-2-11/h3-11H,1-2H2,(H,21,27)(H,23,24,25)/b8-7+. The zero-order chi connectivity index (χ0) is 19.1. The molecule has 9 heteroatoms. The Labute approximate surface area is 169 Å². The largest absolute Gasteiger partial charge is 0.323 e. The maximum atomic E-state index is 12.2. The van der Waals surface area contributed by atoms with E-state index in [-0.39, 0.29) is 5.91 Å². The smallest absolute Gasteiger partial charge is 0.248 e. The van der Waals surface area contributed by atoms with Crippen LogP contribution < -0.4 is 5.32 Å². The summed E-state index contributed by atoms with van der Waals surface area (Å²) < 4.78 is 1.85. The van der Waals surface area contributed by atoms with Crippen molar-refractivity contribution in [1.29, 1.82) is 0 Å². The second kappa shape index (κ2) is 6.88. The number of thiazole rings is 1. The van der Waals surface area contributed by atoms with Crippen molar-refractivity contribution in [1.82, 2.24) is 24.6 Å². The molecule has 0 bridgehead atoms. The van der Waals surface area contributed by atoms with E-state index in [2.05, 4.69) is 25.5 Å². The van der Waals surface area contributed by atoms with E-state index in [9.17, 15) is 4.79 Å². The summed E-state index contributed by atoms with van der Waals surface area (Å²) in [5, 5.41) is 12.4. The van der Waals surface area contributed by atoms with Crippen LogP contribution in [0.25, 0.3) is 22.4 Å². The first-order valence-electron chi connectivity index (χ1n) is 8.80. The molecule has 5 rings (SSSR count). The van der Waals surface area contributed by atoms with Crippen LogP contribution in [0.4, 0.5) is 5.69 Å². The zero-order valence-corrected chi connectivity index (χ0v) is 16.2. The van der Waals surface area contributed by atoms with Crippen LogP contribution in [0.1, 0.15) is 30.3 Å². The maximum Gasteiger partial charge on any atom is 0.248 e. The number of nitrogens with one attached hydrogen (secondary N) is 2. The number of imidazole rings is 1. The van der Waals surface area contributed by atoms with Crippen molar-refractivity contribution < 1.29 is 4.79 Å². The van der Waals surface area contributed by atoms with E-state index in [1.165, 1.54) is 30.3 Å². The number of carbonyl (C=O) groups excluding carboxylic acids is 1. The molecular formula is C19H15ClN6OS. The molecule has 0 saturated heterocycles. The molecule has 140 valence electrons. The Kier molecular flexibility index (Phi) is 4.22. The maximum absolute atomic E-state index is 12.2. The number of anilines is 1. The minimum atomic E-state index is -0.247. The molecule has 0 atom stereocenters. The Hall–Kier alpha value is -2.97. The first-order valence-corrected chi connectivity index (χ1v) is 10.1. The third-order valence-corrected chi connectivity index (χ3v) is 5.56. The predicted molar refractivity (Wildman–Crippen MR) is 110 cm³/mol. The number of H-pyrrole nitrogens is 1. The molecule has 1 aliphatic rings. The quantitative estimate of drug-likeness (QED) is 0.478. The van der Waals surface area contributed by atoms with Gasteiger partial charge < -0.3 is 5.32 Å². The molecule has 2 N–H and O–H groups in total. The third-order valence-electron chi connectivity index (χ3n) is 4.52. The van der Waals surface area contributed by atoms with Gasteiger partial charge in [0.15, 0.2) is 15.9 Å². The van der Waals surface area contributed by atoms with Gasteiger partial charge in [-0.3, -0.25) is 14.3 Å². The van der Waals surface area contributed by atoms with Gasteiger partial charge in [0, 0.05) is 34.8 Å². The highest BCUT2D eigenvalue weighted by atomic mass is 35.5. The van der Waals surface area contributed by atoms with Crippen molar-refractivity contribution in [3.63, 3.8) is 0 Å². The molecule has 1 fully saturated rings. The Balaban J connectivity index is 1.27. The van der Waals surface area contributed by atoms with E-state index in [1.54, 1.807) is 6.08 Å². The van der Waals surface area contributed by atoms with Crippen molar-refractivity contribution in [2.75, 3.05) is 5.32 Å². The average Bonchev–Trinajstić information content (AvgIpc) is 3.11. The number of carbonyl (C=O) groups is 1. The summed E-state index contributed by atoms with van der Waals surface area (Å²) in [6.07, 6.45) is 7.32. The number of amides is 1. The van der Waals surface area contributed by atoms with E-state index in [1.807, 2.05) is 40.2 Å². The number of aromatic nitrogens is 5. The van der Waals surface area contributed by atoms with E-state index in [0.29, 0.717) is 28.3 Å². The minimum Gasteiger partial charge on any atom is -0.323 e. The molecule has 1 aromatic carbocycles. The molecule has 0 unspecified atom stereocenters. The van der Waals surface area contributed by atoms with Gasteiger partial charge >= 0.3 is 0 Å². The Morgan fingerprint density at radius 2 is 2.11 bits per heavy atom. The molecule has 4 aromatic rings. The Morgan fingerprint density at radius 3 is 2.89 bits per heavy atom. The van der Waals surface area contributed by atoms with E-state index < -0.39 is 0 Å². The normalized spacial score (nSPS) is 14.2. The minimum absolute atomic E-state index is 0.247. The van der Waals surface area contributed by atoms with E-state index >= 15 is 0 Å². The van der Waals surface area contributed by atoms with Crippen molar-refractivity contribution in [2.24, 2.45) is 0 Å². The monoisotopic (exact) mass is 410 g/mol. The second-order valence-electron chi connectivity index (χ2n) is 6.56. The van der Waals surface area contributed by atoms with Gasteiger partial charge in [0.05, 0.1) is 5.69 Å². The van der Waals surface area contributed by atoms with Crippen molar-refractivity contribution in [2.45, 2.75) is 18.8 Å². The molecule has 3 heterocycles. The SMILES string of the molecule is O=C(/C=C/c1c(Cl)nc2sccn12)Nc1ccc(-c2n[nH]c(C3CC3)n2)cc1. The van der Waals surface area contributed by atoms with Crippen molar-refractivity contribution >= 4 is 45.6 Å². The van der Waals surface area contributed by atoms with Crippen molar-refractivity contribution in [3.8, 4) is 11.4 Å². The van der Waals surface area contributed by atoms with Crippen LogP contribution in [0.5, 0.6) is 0 Å². The van der Waals surface area contributed by atoms with E-state index in [4.69, 9.17) is 11.6 Å².